The maximum absolute atomic E-state index is 12.6. The van der Waals surface area contributed by atoms with Crippen LogP contribution in [0.25, 0.3) is 10.9 Å². The zero-order chi connectivity index (χ0) is 20.9. The summed E-state index contributed by atoms with van der Waals surface area (Å²) in [5.41, 5.74) is 3.13. The van der Waals surface area contributed by atoms with Crippen molar-refractivity contribution in [2.45, 2.75) is 25.3 Å². The zero-order valence-corrected chi connectivity index (χ0v) is 16.4. The van der Waals surface area contributed by atoms with Gasteiger partial charge in [0.2, 0.25) is 5.91 Å². The minimum absolute atomic E-state index is 0.0650. The smallest absolute Gasteiger partial charge is 0.324 e. The van der Waals surface area contributed by atoms with Crippen LogP contribution in [-0.2, 0) is 22.4 Å². The molecule has 0 bridgehead atoms. The third kappa shape index (κ3) is 4.32. The molecule has 3 aromatic rings. The van der Waals surface area contributed by atoms with Crippen LogP contribution in [0.15, 0.2) is 55.0 Å². The number of nitrogens with zero attached hydrogens (tertiary/aromatic N) is 2. The minimum atomic E-state index is -0.818. The first-order chi connectivity index (χ1) is 14.6. The second kappa shape index (κ2) is 8.77. The van der Waals surface area contributed by atoms with E-state index in [0.717, 1.165) is 22.0 Å². The van der Waals surface area contributed by atoms with Crippen LogP contribution in [0.3, 0.4) is 0 Å². The number of hydrogen-bond donors (Lipinski definition) is 3. The average molecular weight is 405 g/mol. The molecule has 1 saturated heterocycles. The van der Waals surface area contributed by atoms with E-state index >= 15 is 0 Å². The van der Waals surface area contributed by atoms with Gasteiger partial charge in [-0.15, -0.1) is 0 Å². The van der Waals surface area contributed by atoms with Crippen LogP contribution < -0.4 is 10.6 Å². The Bertz CT molecular complexity index is 1060. The van der Waals surface area contributed by atoms with Crippen molar-refractivity contribution in [1.29, 1.82) is 0 Å². The van der Waals surface area contributed by atoms with Gasteiger partial charge in [0.15, 0.2) is 0 Å². The van der Waals surface area contributed by atoms with Gasteiger partial charge < -0.3 is 15.6 Å². The van der Waals surface area contributed by atoms with Gasteiger partial charge in [-0.25, -0.2) is 4.79 Å². The molecular formula is C22H23N5O3. The van der Waals surface area contributed by atoms with E-state index in [1.807, 2.05) is 42.6 Å². The fraction of sp³-hybridized carbons (Fsp3) is 0.273. The Morgan fingerprint density at radius 1 is 1.10 bits per heavy atom. The third-order valence-corrected chi connectivity index (χ3v) is 5.26. The summed E-state index contributed by atoms with van der Waals surface area (Å²) in [7, 11) is 0. The Labute approximate surface area is 173 Å². The first kappa shape index (κ1) is 19.6. The Morgan fingerprint density at radius 3 is 2.73 bits per heavy atom. The number of aromatic nitrogens is 2. The normalized spacial score (nSPS) is 16.1. The number of pyridine rings is 1. The number of amides is 4. The summed E-state index contributed by atoms with van der Waals surface area (Å²) in [5.74, 6) is -0.620. The Hall–Kier alpha value is -3.68. The number of carbonyl (C=O) groups is 3. The molecule has 1 fully saturated rings. The summed E-state index contributed by atoms with van der Waals surface area (Å²) >= 11 is 0. The van der Waals surface area contributed by atoms with E-state index in [0.29, 0.717) is 19.4 Å². The van der Waals surface area contributed by atoms with Crippen molar-refractivity contribution >= 4 is 28.7 Å². The molecule has 4 rings (SSSR count). The molecule has 0 radical (unpaired) electrons. The monoisotopic (exact) mass is 405 g/mol. The molecule has 0 saturated carbocycles. The van der Waals surface area contributed by atoms with Crippen molar-refractivity contribution in [2.75, 3.05) is 13.1 Å². The number of hydrogen-bond acceptors (Lipinski definition) is 4. The van der Waals surface area contributed by atoms with Crippen LogP contribution in [0.2, 0.25) is 0 Å². The van der Waals surface area contributed by atoms with Crippen LogP contribution in [-0.4, -0.2) is 51.8 Å². The molecule has 3 N–H and O–H groups in total. The molecule has 0 unspecified atom stereocenters. The van der Waals surface area contributed by atoms with Crippen molar-refractivity contribution in [2.24, 2.45) is 0 Å². The quantitative estimate of drug-likeness (QED) is 0.497. The fourth-order valence-electron chi connectivity index (χ4n) is 3.65. The molecular weight excluding hydrogens is 382 g/mol. The number of nitrogens with one attached hydrogen (secondary N) is 3. The van der Waals surface area contributed by atoms with Gasteiger partial charge in [0.25, 0.3) is 5.91 Å². The molecule has 3 heterocycles. The van der Waals surface area contributed by atoms with Gasteiger partial charge >= 0.3 is 6.03 Å². The number of urea groups is 1. The van der Waals surface area contributed by atoms with Gasteiger partial charge in [-0.1, -0.05) is 18.2 Å². The van der Waals surface area contributed by atoms with Crippen LogP contribution in [0.1, 0.15) is 17.5 Å². The van der Waals surface area contributed by atoms with E-state index in [-0.39, 0.29) is 24.8 Å². The first-order valence-electron chi connectivity index (χ1n) is 9.94. The maximum Gasteiger partial charge on any atom is 0.324 e. The van der Waals surface area contributed by atoms with Crippen molar-refractivity contribution in [1.82, 2.24) is 25.5 Å². The molecule has 30 heavy (non-hydrogen) atoms. The standard InChI is InChI=1S/C22H23N5O3/c28-20(24-11-7-15-5-9-23-10-6-15)13-19-21(29)27(22(30)26-19)12-8-16-14-25-18-4-2-1-3-17(16)18/h1-6,9-10,14,19,25H,7-8,11-13H2,(H,24,28)(H,26,30)/t19-/m0/s1. The molecule has 0 spiro atoms. The molecule has 2 aromatic heterocycles. The van der Waals surface area contributed by atoms with Crippen molar-refractivity contribution in [3.63, 3.8) is 0 Å². The highest BCUT2D eigenvalue weighted by molar-refractivity contribution is 6.05. The summed E-state index contributed by atoms with van der Waals surface area (Å²) < 4.78 is 0. The topological polar surface area (TPSA) is 107 Å². The summed E-state index contributed by atoms with van der Waals surface area (Å²) in [6.45, 7) is 0.731. The van der Waals surface area contributed by atoms with Crippen LogP contribution in [0, 0.1) is 0 Å². The summed E-state index contributed by atoms with van der Waals surface area (Å²) in [4.78, 5) is 45.4. The number of para-hydroxylation sites is 1. The van der Waals surface area contributed by atoms with Crippen LogP contribution >= 0.6 is 0 Å². The highest BCUT2D eigenvalue weighted by atomic mass is 16.2. The van der Waals surface area contributed by atoms with Crippen LogP contribution in [0.4, 0.5) is 4.79 Å². The molecule has 1 aromatic carbocycles. The minimum Gasteiger partial charge on any atom is -0.361 e. The van der Waals surface area contributed by atoms with Gasteiger partial charge in [-0.05, 0) is 42.2 Å². The lowest BCUT2D eigenvalue weighted by Crippen LogP contribution is -2.37. The van der Waals surface area contributed by atoms with E-state index < -0.39 is 12.1 Å². The van der Waals surface area contributed by atoms with Gasteiger partial charge in [0.1, 0.15) is 6.04 Å². The molecule has 4 amide bonds. The molecule has 0 aliphatic carbocycles. The average Bonchev–Trinajstić information content (AvgIpc) is 3.28. The fourth-order valence-corrected chi connectivity index (χ4v) is 3.65. The van der Waals surface area contributed by atoms with Gasteiger partial charge in [-0.3, -0.25) is 19.5 Å². The number of aromatic amines is 1. The van der Waals surface area contributed by atoms with Gasteiger partial charge in [-0.2, -0.15) is 0 Å². The number of fused-ring (bicyclic) bond motifs is 1. The van der Waals surface area contributed by atoms with Crippen LogP contribution in [0.5, 0.6) is 0 Å². The predicted molar refractivity (Wildman–Crippen MR) is 112 cm³/mol. The van der Waals surface area contributed by atoms with E-state index in [9.17, 15) is 14.4 Å². The highest BCUT2D eigenvalue weighted by Gasteiger charge is 2.38. The Balaban J connectivity index is 1.27. The number of benzene rings is 1. The van der Waals surface area contributed by atoms with Gasteiger partial charge in [0, 0.05) is 42.6 Å². The van der Waals surface area contributed by atoms with E-state index in [4.69, 9.17) is 0 Å². The van der Waals surface area contributed by atoms with E-state index in [1.165, 1.54) is 4.90 Å². The number of imide groups is 1. The highest BCUT2D eigenvalue weighted by Crippen LogP contribution is 2.19. The summed E-state index contributed by atoms with van der Waals surface area (Å²) in [5, 5.41) is 6.50. The molecule has 1 aliphatic rings. The lowest BCUT2D eigenvalue weighted by atomic mass is 10.1. The molecule has 1 aliphatic heterocycles. The Kier molecular flexibility index (Phi) is 5.74. The largest absolute Gasteiger partial charge is 0.361 e. The van der Waals surface area contributed by atoms with Crippen molar-refractivity contribution in [3.05, 3.63) is 66.1 Å². The van der Waals surface area contributed by atoms with E-state index in [2.05, 4.69) is 20.6 Å². The molecule has 8 heteroatoms. The second-order valence-corrected chi connectivity index (χ2v) is 7.26. The van der Waals surface area contributed by atoms with Gasteiger partial charge in [0.05, 0.1) is 6.42 Å². The SMILES string of the molecule is O=C(C[C@@H]1NC(=O)N(CCc2c[nH]c3ccccc23)C1=O)NCCc1ccncc1. The first-order valence-corrected chi connectivity index (χ1v) is 9.94. The van der Waals surface area contributed by atoms with Crippen molar-refractivity contribution < 1.29 is 14.4 Å². The molecule has 8 nitrogen and oxygen atoms in total. The molecule has 154 valence electrons. The summed E-state index contributed by atoms with van der Waals surface area (Å²) in [6, 6.07) is 10.4. The summed E-state index contributed by atoms with van der Waals surface area (Å²) in [6.07, 6.45) is 6.47. The lowest BCUT2D eigenvalue weighted by molar-refractivity contribution is -0.130. The third-order valence-electron chi connectivity index (χ3n) is 5.26. The Morgan fingerprint density at radius 2 is 1.90 bits per heavy atom. The van der Waals surface area contributed by atoms with Crippen molar-refractivity contribution in [3.8, 4) is 0 Å². The van der Waals surface area contributed by atoms with E-state index in [1.54, 1.807) is 12.4 Å². The maximum atomic E-state index is 12.6. The number of carbonyl (C=O) groups excluding carboxylic acids is 3. The molecule has 1 atom stereocenters. The second-order valence-electron chi connectivity index (χ2n) is 7.26. The lowest BCUT2D eigenvalue weighted by Gasteiger charge is -2.13. The predicted octanol–water partition coefficient (Wildman–Crippen LogP) is 1.77. The number of rotatable bonds is 8. The number of H-pyrrole nitrogens is 1. The zero-order valence-electron chi connectivity index (χ0n) is 16.4.